The summed E-state index contributed by atoms with van der Waals surface area (Å²) in [6, 6.07) is 1.92. The quantitative estimate of drug-likeness (QED) is 0.544. The number of esters is 1. The number of nitrogens with zero attached hydrogens (tertiary/aromatic N) is 1. The van der Waals surface area contributed by atoms with E-state index >= 15 is 0 Å². The summed E-state index contributed by atoms with van der Waals surface area (Å²) in [5, 5.41) is 4.89. The molecule has 3 rings (SSSR count). The molecule has 1 aromatic rings. The van der Waals surface area contributed by atoms with Crippen LogP contribution in [-0.2, 0) is 19.1 Å². The van der Waals surface area contributed by atoms with E-state index in [1.807, 2.05) is 20.8 Å². The van der Waals surface area contributed by atoms with Crippen molar-refractivity contribution in [1.29, 1.82) is 0 Å². The number of carbonyl (C=O) groups is 4. The molecule has 1 spiro atoms. The van der Waals surface area contributed by atoms with Crippen molar-refractivity contribution in [3.63, 3.8) is 0 Å². The Morgan fingerprint density at radius 3 is 2.61 bits per heavy atom. The molecule has 2 atom stereocenters. The lowest BCUT2D eigenvalue weighted by molar-refractivity contribution is -0.150. The highest BCUT2D eigenvalue weighted by Gasteiger charge is 2.56. The van der Waals surface area contributed by atoms with Crippen LogP contribution in [0.1, 0.15) is 40.0 Å². The van der Waals surface area contributed by atoms with Crippen LogP contribution in [0, 0.1) is 23.0 Å². The third kappa shape index (κ3) is 5.00. The van der Waals surface area contributed by atoms with Crippen molar-refractivity contribution in [1.82, 2.24) is 10.2 Å². The molecule has 8 nitrogen and oxygen atoms in total. The molecule has 10 heteroatoms. The average Bonchev–Trinajstić information content (AvgIpc) is 2.84. The summed E-state index contributed by atoms with van der Waals surface area (Å²) in [4.78, 5) is 50.2. The SMILES string of the molecule is CC1CC(C)(C)CC2(C1)NC(=O)N(CC(=O)OCC(=O)Nc1ccc(F)cc1F)C2=O. The van der Waals surface area contributed by atoms with Gasteiger partial charge < -0.3 is 15.4 Å². The van der Waals surface area contributed by atoms with Gasteiger partial charge in [0.15, 0.2) is 6.61 Å². The predicted molar refractivity (Wildman–Crippen MR) is 106 cm³/mol. The molecular formula is C21H25F2N3O5. The smallest absolute Gasteiger partial charge is 0.326 e. The number of anilines is 1. The second kappa shape index (κ2) is 8.24. The first-order valence-corrected chi connectivity index (χ1v) is 9.95. The van der Waals surface area contributed by atoms with Crippen LogP contribution < -0.4 is 10.6 Å². The fourth-order valence-electron chi connectivity index (χ4n) is 4.75. The van der Waals surface area contributed by atoms with Gasteiger partial charge >= 0.3 is 12.0 Å². The van der Waals surface area contributed by atoms with E-state index in [2.05, 4.69) is 10.6 Å². The number of rotatable bonds is 5. The molecule has 0 radical (unpaired) electrons. The molecule has 168 valence electrons. The van der Waals surface area contributed by atoms with Gasteiger partial charge in [0, 0.05) is 6.07 Å². The Morgan fingerprint density at radius 2 is 1.97 bits per heavy atom. The largest absolute Gasteiger partial charge is 0.454 e. The van der Waals surface area contributed by atoms with Gasteiger partial charge in [0.25, 0.3) is 11.8 Å². The van der Waals surface area contributed by atoms with E-state index in [9.17, 15) is 28.0 Å². The first-order valence-electron chi connectivity index (χ1n) is 9.95. The standard InChI is InChI=1S/C21H25F2N3O5/c1-12-7-20(2,3)11-21(8-12)18(29)26(19(30)25-21)9-17(28)31-10-16(27)24-15-5-4-13(22)6-14(15)23/h4-6,12H,7-11H2,1-3H3,(H,24,27)(H,25,30). The van der Waals surface area contributed by atoms with Crippen molar-refractivity contribution in [2.24, 2.45) is 11.3 Å². The fraction of sp³-hybridized carbons (Fsp3) is 0.524. The highest BCUT2D eigenvalue weighted by molar-refractivity contribution is 6.09. The fourth-order valence-corrected chi connectivity index (χ4v) is 4.75. The second-order valence-corrected chi connectivity index (χ2v) is 9.09. The molecule has 1 aliphatic carbocycles. The van der Waals surface area contributed by atoms with Crippen molar-refractivity contribution in [2.75, 3.05) is 18.5 Å². The lowest BCUT2D eigenvalue weighted by Gasteiger charge is -2.43. The van der Waals surface area contributed by atoms with Gasteiger partial charge in [0.2, 0.25) is 0 Å². The zero-order valence-corrected chi connectivity index (χ0v) is 17.6. The van der Waals surface area contributed by atoms with Gasteiger partial charge in [-0.25, -0.2) is 13.6 Å². The first kappa shape index (κ1) is 22.6. The summed E-state index contributed by atoms with van der Waals surface area (Å²) >= 11 is 0. The minimum atomic E-state index is -1.05. The Balaban J connectivity index is 1.56. The number of ether oxygens (including phenoxy) is 1. The van der Waals surface area contributed by atoms with Crippen LogP contribution in [0.25, 0.3) is 0 Å². The maximum Gasteiger partial charge on any atom is 0.326 e. The minimum absolute atomic E-state index is 0.148. The molecule has 0 aromatic heterocycles. The molecule has 1 saturated carbocycles. The summed E-state index contributed by atoms with van der Waals surface area (Å²) in [6.07, 6.45) is 1.87. The highest BCUT2D eigenvalue weighted by atomic mass is 19.1. The monoisotopic (exact) mass is 437 g/mol. The molecule has 2 unspecified atom stereocenters. The Hall–Kier alpha value is -3.04. The Bertz CT molecular complexity index is 936. The van der Waals surface area contributed by atoms with Crippen LogP contribution in [0.3, 0.4) is 0 Å². The third-order valence-electron chi connectivity index (χ3n) is 5.48. The second-order valence-electron chi connectivity index (χ2n) is 9.09. The lowest BCUT2D eigenvalue weighted by Crippen LogP contribution is -2.54. The Kier molecular flexibility index (Phi) is 6.02. The normalized spacial score (nSPS) is 24.8. The van der Waals surface area contributed by atoms with E-state index in [4.69, 9.17) is 4.74 Å². The number of nitrogens with one attached hydrogen (secondary N) is 2. The topological polar surface area (TPSA) is 105 Å². The van der Waals surface area contributed by atoms with E-state index < -0.39 is 54.1 Å². The van der Waals surface area contributed by atoms with E-state index in [-0.39, 0.29) is 17.0 Å². The van der Waals surface area contributed by atoms with Crippen LogP contribution in [-0.4, -0.2) is 47.4 Å². The van der Waals surface area contributed by atoms with Crippen molar-refractivity contribution in [3.05, 3.63) is 29.8 Å². The summed E-state index contributed by atoms with van der Waals surface area (Å²) in [7, 11) is 0. The van der Waals surface area contributed by atoms with Gasteiger partial charge in [0.1, 0.15) is 23.7 Å². The number of hydrogen-bond acceptors (Lipinski definition) is 5. The molecule has 1 heterocycles. The number of carbonyl (C=O) groups excluding carboxylic acids is 4. The van der Waals surface area contributed by atoms with Crippen LogP contribution in [0.5, 0.6) is 0 Å². The number of urea groups is 1. The van der Waals surface area contributed by atoms with Crippen LogP contribution in [0.2, 0.25) is 0 Å². The summed E-state index contributed by atoms with van der Waals surface area (Å²) in [5.41, 5.74) is -1.46. The molecule has 2 N–H and O–H groups in total. The lowest BCUT2D eigenvalue weighted by atomic mass is 9.64. The van der Waals surface area contributed by atoms with Crippen molar-refractivity contribution in [2.45, 2.75) is 45.6 Å². The number of halogens is 2. The van der Waals surface area contributed by atoms with E-state index in [1.54, 1.807) is 0 Å². The average molecular weight is 437 g/mol. The summed E-state index contributed by atoms with van der Waals surface area (Å²) < 4.78 is 31.3. The van der Waals surface area contributed by atoms with Gasteiger partial charge in [0.05, 0.1) is 5.69 Å². The first-order chi connectivity index (χ1) is 14.4. The van der Waals surface area contributed by atoms with Crippen molar-refractivity contribution < 1.29 is 32.7 Å². The summed E-state index contributed by atoms with van der Waals surface area (Å²) in [6.45, 7) is 4.68. The molecule has 0 bridgehead atoms. The van der Waals surface area contributed by atoms with Gasteiger partial charge in [-0.05, 0) is 42.7 Å². The number of amides is 4. The van der Waals surface area contributed by atoms with Gasteiger partial charge in [-0.15, -0.1) is 0 Å². The maximum atomic E-state index is 13.6. The Morgan fingerprint density at radius 1 is 1.26 bits per heavy atom. The van der Waals surface area contributed by atoms with Gasteiger partial charge in [-0.1, -0.05) is 20.8 Å². The van der Waals surface area contributed by atoms with E-state index in [0.29, 0.717) is 18.9 Å². The van der Waals surface area contributed by atoms with E-state index in [1.165, 1.54) is 0 Å². The number of imide groups is 1. The molecule has 1 saturated heterocycles. The molecule has 1 aromatic carbocycles. The summed E-state index contributed by atoms with van der Waals surface area (Å²) in [5.74, 6) is -3.85. The van der Waals surface area contributed by atoms with Gasteiger partial charge in [-0.2, -0.15) is 0 Å². The number of benzene rings is 1. The zero-order valence-electron chi connectivity index (χ0n) is 17.6. The molecule has 2 aliphatic rings. The van der Waals surface area contributed by atoms with Crippen molar-refractivity contribution in [3.8, 4) is 0 Å². The molecule has 2 fully saturated rings. The molecule has 31 heavy (non-hydrogen) atoms. The number of hydrogen-bond donors (Lipinski definition) is 2. The predicted octanol–water partition coefficient (Wildman–Crippen LogP) is 2.58. The molecule has 1 aliphatic heterocycles. The van der Waals surface area contributed by atoms with Crippen LogP contribution in [0.4, 0.5) is 19.3 Å². The van der Waals surface area contributed by atoms with Crippen LogP contribution >= 0.6 is 0 Å². The molecule has 4 amide bonds. The maximum absolute atomic E-state index is 13.6. The van der Waals surface area contributed by atoms with Crippen molar-refractivity contribution >= 4 is 29.5 Å². The zero-order chi connectivity index (χ0) is 23.0. The van der Waals surface area contributed by atoms with E-state index in [0.717, 1.165) is 23.5 Å². The minimum Gasteiger partial charge on any atom is -0.454 e. The third-order valence-corrected chi connectivity index (χ3v) is 5.48. The highest BCUT2D eigenvalue weighted by Crippen LogP contribution is 2.46. The Labute approximate surface area is 178 Å². The van der Waals surface area contributed by atoms with Crippen LogP contribution in [0.15, 0.2) is 18.2 Å². The van der Waals surface area contributed by atoms with Gasteiger partial charge in [-0.3, -0.25) is 19.3 Å². The molecular weight excluding hydrogens is 412 g/mol.